The molecule has 0 radical (unpaired) electrons. The second-order valence-corrected chi connectivity index (χ2v) is 14.3. The third-order valence-corrected chi connectivity index (χ3v) is 11.9. The molecule has 0 unspecified atom stereocenters. The average Bonchev–Trinajstić information content (AvgIpc) is 3.36. The summed E-state index contributed by atoms with van der Waals surface area (Å²) in [6.45, 7) is 16.7. The molecule has 0 spiro atoms. The maximum absolute atomic E-state index is 13.8. The van der Waals surface area contributed by atoms with Crippen LogP contribution in [0.5, 0.6) is 0 Å². The van der Waals surface area contributed by atoms with Gasteiger partial charge in [0.1, 0.15) is 5.78 Å². The van der Waals surface area contributed by atoms with Crippen LogP contribution in [0, 0.1) is 34.0 Å². The molecule has 3 aliphatic carbocycles. The van der Waals surface area contributed by atoms with E-state index in [2.05, 4.69) is 27.4 Å². The largest absolute Gasteiger partial charge is 0.492 e. The van der Waals surface area contributed by atoms with Gasteiger partial charge in [-0.25, -0.2) is 0 Å². The Balaban J connectivity index is 1.65. The Labute approximate surface area is 239 Å². The molecule has 2 bridgehead atoms. The number of hydrogen-bond acceptors (Lipinski definition) is 6. The van der Waals surface area contributed by atoms with E-state index in [0.29, 0.717) is 24.8 Å². The number of aliphatic carboxylic acids is 1. The van der Waals surface area contributed by atoms with E-state index >= 15 is 0 Å². The number of Topliss-reactive ketones (excluding diaryl/α,β-unsaturated/α-hetero) is 1. The van der Waals surface area contributed by atoms with Crippen molar-refractivity contribution in [1.29, 1.82) is 0 Å². The summed E-state index contributed by atoms with van der Waals surface area (Å²) in [6, 6.07) is 5.59. The lowest BCUT2D eigenvalue weighted by atomic mass is 9.43. The van der Waals surface area contributed by atoms with E-state index in [0.717, 1.165) is 30.4 Å². The second-order valence-electron chi connectivity index (χ2n) is 14.3. The van der Waals surface area contributed by atoms with Crippen LogP contribution in [0.15, 0.2) is 30.9 Å². The third kappa shape index (κ3) is 4.24. The molecule has 0 amide bonds. The van der Waals surface area contributed by atoms with Crippen molar-refractivity contribution in [1.82, 2.24) is 4.90 Å². The number of aliphatic hydroxyl groups excluding tert-OH is 1. The molecule has 4 aliphatic rings. The molecule has 3 fully saturated rings. The summed E-state index contributed by atoms with van der Waals surface area (Å²) < 4.78 is 5.77. The highest BCUT2D eigenvalue weighted by Crippen LogP contribution is 2.68. The Bertz CT molecular complexity index is 1220. The van der Waals surface area contributed by atoms with E-state index in [9.17, 15) is 24.8 Å². The maximum Gasteiger partial charge on any atom is 0.492 e. The highest BCUT2D eigenvalue weighted by Gasteiger charge is 2.68. The lowest BCUT2D eigenvalue weighted by molar-refractivity contribution is -0.182. The number of ketones is 1. The fraction of sp³-hybridized carbons (Fsp3) is 0.688. The SMILES string of the molecule is C=C[C@]1(C)C[C@@H](N(CC(=O)O)Cc2ccc3c(c2)B(O)OC3(C)C)[C@]2(C)[C@H](C)CC[C@]3(CCC(=O)[C@H]32)[C@@H](C)[C@@H]1O. The highest BCUT2D eigenvalue weighted by atomic mass is 16.5. The summed E-state index contributed by atoms with van der Waals surface area (Å²) in [6.07, 6.45) is 4.78. The molecule has 7 nitrogen and oxygen atoms in total. The zero-order valence-electron chi connectivity index (χ0n) is 24.9. The minimum absolute atomic E-state index is 0.0748. The smallest absolute Gasteiger partial charge is 0.480 e. The van der Waals surface area contributed by atoms with Crippen molar-refractivity contribution in [2.75, 3.05) is 6.54 Å². The van der Waals surface area contributed by atoms with Gasteiger partial charge >= 0.3 is 13.1 Å². The molecular formula is C32H46BNO6. The Morgan fingerprint density at radius 1 is 1.23 bits per heavy atom. The Hall–Kier alpha value is -2.00. The van der Waals surface area contributed by atoms with Crippen molar-refractivity contribution in [3.63, 3.8) is 0 Å². The van der Waals surface area contributed by atoms with Gasteiger partial charge in [-0.2, -0.15) is 0 Å². The number of benzene rings is 1. The van der Waals surface area contributed by atoms with Crippen molar-refractivity contribution in [3.8, 4) is 0 Å². The minimum atomic E-state index is -1.03. The molecule has 1 heterocycles. The molecule has 8 atom stereocenters. The summed E-state index contributed by atoms with van der Waals surface area (Å²) in [7, 11) is -1.03. The van der Waals surface area contributed by atoms with Gasteiger partial charge in [0.15, 0.2) is 0 Å². The summed E-state index contributed by atoms with van der Waals surface area (Å²) in [5, 5.41) is 32.6. The van der Waals surface area contributed by atoms with Crippen molar-refractivity contribution in [2.24, 2.45) is 34.0 Å². The van der Waals surface area contributed by atoms with Gasteiger partial charge in [-0.15, -0.1) is 6.58 Å². The first-order valence-corrected chi connectivity index (χ1v) is 14.9. The molecule has 3 saturated carbocycles. The fourth-order valence-corrected chi connectivity index (χ4v) is 9.44. The van der Waals surface area contributed by atoms with Gasteiger partial charge in [0.05, 0.1) is 18.2 Å². The van der Waals surface area contributed by atoms with Gasteiger partial charge < -0.3 is 19.9 Å². The van der Waals surface area contributed by atoms with E-state index in [1.54, 1.807) is 0 Å². The predicted molar refractivity (Wildman–Crippen MR) is 155 cm³/mol. The van der Waals surface area contributed by atoms with Crippen LogP contribution in [0.1, 0.15) is 84.8 Å². The molecule has 8 heteroatoms. The first kappa shape index (κ1) is 29.5. The van der Waals surface area contributed by atoms with Crippen molar-refractivity contribution in [3.05, 3.63) is 42.0 Å². The summed E-state index contributed by atoms with van der Waals surface area (Å²) in [4.78, 5) is 28.2. The Morgan fingerprint density at radius 2 is 1.93 bits per heavy atom. The Morgan fingerprint density at radius 3 is 2.58 bits per heavy atom. The minimum Gasteiger partial charge on any atom is -0.480 e. The summed E-state index contributed by atoms with van der Waals surface area (Å²) in [5.74, 6) is -0.788. The van der Waals surface area contributed by atoms with Gasteiger partial charge in [0.25, 0.3) is 0 Å². The van der Waals surface area contributed by atoms with Gasteiger partial charge in [0, 0.05) is 30.3 Å². The highest BCUT2D eigenvalue weighted by molar-refractivity contribution is 6.62. The number of rotatable bonds is 6. The van der Waals surface area contributed by atoms with E-state index in [4.69, 9.17) is 4.65 Å². The first-order valence-electron chi connectivity index (χ1n) is 14.9. The third-order valence-electron chi connectivity index (χ3n) is 11.9. The van der Waals surface area contributed by atoms with Crippen LogP contribution >= 0.6 is 0 Å². The van der Waals surface area contributed by atoms with E-state index < -0.39 is 35.6 Å². The molecule has 1 aliphatic heterocycles. The topological polar surface area (TPSA) is 107 Å². The van der Waals surface area contributed by atoms with Gasteiger partial charge in [-0.05, 0) is 78.8 Å². The van der Waals surface area contributed by atoms with Crippen molar-refractivity contribution < 1.29 is 29.5 Å². The van der Waals surface area contributed by atoms with Crippen LogP contribution in [-0.4, -0.2) is 57.7 Å². The van der Waals surface area contributed by atoms with Crippen LogP contribution < -0.4 is 5.46 Å². The van der Waals surface area contributed by atoms with E-state index in [-0.39, 0.29) is 41.5 Å². The maximum atomic E-state index is 13.8. The van der Waals surface area contributed by atoms with Gasteiger partial charge in [-0.1, -0.05) is 52.0 Å². The number of carboxylic acids is 1. The quantitative estimate of drug-likeness (QED) is 0.364. The number of hydrogen-bond donors (Lipinski definition) is 3. The molecule has 40 heavy (non-hydrogen) atoms. The van der Waals surface area contributed by atoms with Crippen LogP contribution in [0.25, 0.3) is 0 Å². The van der Waals surface area contributed by atoms with Crippen molar-refractivity contribution >= 4 is 24.3 Å². The number of aliphatic hydroxyl groups is 1. The molecule has 1 aromatic rings. The molecule has 3 N–H and O–H groups in total. The monoisotopic (exact) mass is 551 g/mol. The predicted octanol–water partition coefficient (Wildman–Crippen LogP) is 3.89. The fourth-order valence-electron chi connectivity index (χ4n) is 9.44. The molecule has 0 saturated heterocycles. The van der Waals surface area contributed by atoms with Crippen LogP contribution in [0.3, 0.4) is 0 Å². The molecule has 218 valence electrons. The lowest BCUT2D eigenvalue weighted by Gasteiger charge is -2.64. The molecule has 0 aromatic heterocycles. The van der Waals surface area contributed by atoms with E-state index in [1.807, 2.05) is 49.9 Å². The summed E-state index contributed by atoms with van der Waals surface area (Å²) >= 11 is 0. The Kier molecular flexibility index (Phi) is 7.22. The zero-order valence-corrected chi connectivity index (χ0v) is 24.9. The number of carbonyl (C=O) groups is 2. The van der Waals surface area contributed by atoms with E-state index in [1.165, 1.54) is 0 Å². The standard InChI is InChI=1S/C32H46BNO6/c1-8-30(6)16-25(31(7)19(2)11-13-32(20(3)28(30)38)14-12-24(35)27(31)32)34(18-26(36)37)17-21-9-10-22-23(15-21)33(39)40-29(22,4)5/h8-10,15,19-20,25,27-28,38-39H,1,11-14,16-18H2,2-7H3,(H,36,37)/t19-,20+,25-,27+,28+,30-,31+,32+/m1/s1. The normalized spacial score (nSPS) is 40.4. The number of fused-ring (bicyclic) bond motifs is 1. The van der Waals surface area contributed by atoms with Crippen LogP contribution in [-0.2, 0) is 26.4 Å². The molecular weight excluding hydrogens is 505 g/mol. The molecule has 5 rings (SSSR count). The first-order chi connectivity index (χ1) is 18.6. The summed E-state index contributed by atoms with van der Waals surface area (Å²) in [5.41, 5.74) is 0.450. The molecule has 1 aromatic carbocycles. The number of carbonyl (C=O) groups excluding carboxylic acids is 1. The lowest BCUT2D eigenvalue weighted by Crippen LogP contribution is -2.66. The van der Waals surface area contributed by atoms with Crippen LogP contribution in [0.4, 0.5) is 0 Å². The number of nitrogens with zero attached hydrogens (tertiary/aromatic N) is 1. The average molecular weight is 552 g/mol. The zero-order chi connectivity index (χ0) is 29.4. The van der Waals surface area contributed by atoms with Gasteiger partial charge in [-0.3, -0.25) is 14.5 Å². The number of carboxylic acid groups (broad SMARTS) is 1. The van der Waals surface area contributed by atoms with Crippen LogP contribution in [0.2, 0.25) is 0 Å². The van der Waals surface area contributed by atoms with Gasteiger partial charge in [0.2, 0.25) is 0 Å². The second kappa shape index (κ2) is 9.79. The van der Waals surface area contributed by atoms with Crippen molar-refractivity contribution in [2.45, 2.75) is 97.9 Å².